The molecule has 0 spiro atoms. The van der Waals surface area contributed by atoms with Crippen molar-refractivity contribution in [3.05, 3.63) is 105 Å². The molecular formula is C26H22ClNO2S. The first kappa shape index (κ1) is 21.4. The fourth-order valence-electron chi connectivity index (χ4n) is 3.69. The van der Waals surface area contributed by atoms with Gasteiger partial charge in [-0.15, -0.1) is 0 Å². The van der Waals surface area contributed by atoms with E-state index in [0.29, 0.717) is 28.5 Å². The van der Waals surface area contributed by atoms with E-state index in [1.165, 1.54) is 16.7 Å². The Labute approximate surface area is 191 Å². The molecule has 5 heteroatoms. The van der Waals surface area contributed by atoms with Crippen molar-refractivity contribution in [3.63, 3.8) is 0 Å². The first-order valence-corrected chi connectivity index (χ1v) is 11.3. The third kappa shape index (κ3) is 4.60. The lowest BCUT2D eigenvalue weighted by Crippen LogP contribution is -2.33. The highest BCUT2D eigenvalue weighted by Crippen LogP contribution is 2.40. The summed E-state index contributed by atoms with van der Waals surface area (Å²) in [4.78, 5) is 29.5. The lowest BCUT2D eigenvalue weighted by molar-refractivity contribution is -0.136. The highest BCUT2D eigenvalue weighted by atomic mass is 35.5. The summed E-state index contributed by atoms with van der Waals surface area (Å²) in [7, 11) is 0. The number of carbonyl (C=O) groups excluding carboxylic acids is 2. The van der Waals surface area contributed by atoms with Gasteiger partial charge < -0.3 is 0 Å². The molecule has 1 aliphatic heterocycles. The minimum absolute atomic E-state index is 0.232. The van der Waals surface area contributed by atoms with E-state index in [1.807, 2.05) is 74.5 Å². The summed E-state index contributed by atoms with van der Waals surface area (Å²) in [6, 6.07) is 23.2. The second kappa shape index (κ2) is 9.13. The van der Waals surface area contributed by atoms with Crippen LogP contribution in [0, 0.1) is 13.8 Å². The van der Waals surface area contributed by atoms with E-state index in [1.54, 1.807) is 12.1 Å². The van der Waals surface area contributed by atoms with Crippen LogP contribution in [0.3, 0.4) is 0 Å². The van der Waals surface area contributed by atoms with Crippen molar-refractivity contribution in [1.29, 1.82) is 0 Å². The maximum Gasteiger partial charge on any atom is 0.268 e. The van der Waals surface area contributed by atoms with Gasteiger partial charge in [-0.3, -0.25) is 14.5 Å². The van der Waals surface area contributed by atoms with Crippen LogP contribution in [0.1, 0.15) is 22.3 Å². The van der Waals surface area contributed by atoms with Gasteiger partial charge in [-0.05, 0) is 61.2 Å². The van der Waals surface area contributed by atoms with Crippen LogP contribution in [0.4, 0.5) is 0 Å². The van der Waals surface area contributed by atoms with Crippen LogP contribution < -0.4 is 0 Å². The summed E-state index contributed by atoms with van der Waals surface area (Å²) in [6.45, 7) is 4.34. The first-order valence-electron chi connectivity index (χ1n) is 10.1. The van der Waals surface area contributed by atoms with Crippen molar-refractivity contribution >= 4 is 40.8 Å². The topological polar surface area (TPSA) is 37.4 Å². The number of nitrogens with zero attached hydrogens (tertiary/aromatic N) is 1. The molecule has 3 nitrogen and oxygen atoms in total. The number of carbonyl (C=O) groups is 2. The average molecular weight is 448 g/mol. The molecule has 0 bridgehead atoms. The molecule has 0 atom stereocenters. The van der Waals surface area contributed by atoms with Gasteiger partial charge in [-0.1, -0.05) is 77.5 Å². The zero-order valence-corrected chi connectivity index (χ0v) is 19.0. The van der Waals surface area contributed by atoms with Crippen LogP contribution in [0.2, 0.25) is 5.02 Å². The highest BCUT2D eigenvalue weighted by molar-refractivity contribution is 8.04. The van der Waals surface area contributed by atoms with Crippen molar-refractivity contribution < 1.29 is 9.59 Å². The Kier molecular flexibility index (Phi) is 6.30. The first-order chi connectivity index (χ1) is 14.9. The third-order valence-corrected chi connectivity index (χ3v) is 6.62. The van der Waals surface area contributed by atoms with Gasteiger partial charge in [0.1, 0.15) is 0 Å². The molecule has 156 valence electrons. The molecule has 0 radical (unpaired) electrons. The fourth-order valence-corrected chi connectivity index (χ4v) is 4.82. The molecule has 0 fully saturated rings. The van der Waals surface area contributed by atoms with E-state index in [0.717, 1.165) is 27.1 Å². The molecule has 1 aliphatic rings. The summed E-state index contributed by atoms with van der Waals surface area (Å²) >= 11 is 7.33. The minimum Gasteiger partial charge on any atom is -0.274 e. The van der Waals surface area contributed by atoms with Crippen molar-refractivity contribution in [2.75, 3.05) is 6.54 Å². The minimum atomic E-state index is -0.240. The smallest absolute Gasteiger partial charge is 0.268 e. The van der Waals surface area contributed by atoms with E-state index in [-0.39, 0.29) is 11.8 Å². The SMILES string of the molecule is Cc1ccc(C2=C(Sc3ccc(Cl)cc3)C(=O)N(CCc3ccccc3)C2=O)c(C)c1. The molecule has 1 heterocycles. The molecule has 31 heavy (non-hydrogen) atoms. The normalized spacial score (nSPS) is 14.0. The molecule has 4 rings (SSSR count). The lowest BCUT2D eigenvalue weighted by atomic mass is 9.99. The van der Waals surface area contributed by atoms with Gasteiger partial charge in [0.25, 0.3) is 11.8 Å². The Morgan fingerprint density at radius 2 is 1.58 bits per heavy atom. The molecule has 3 aromatic carbocycles. The van der Waals surface area contributed by atoms with Gasteiger partial charge in [-0.2, -0.15) is 0 Å². The molecule has 0 N–H and O–H groups in total. The second-order valence-electron chi connectivity index (χ2n) is 7.58. The number of thioether (sulfide) groups is 1. The van der Waals surface area contributed by atoms with Crippen molar-refractivity contribution in [1.82, 2.24) is 4.90 Å². The second-order valence-corrected chi connectivity index (χ2v) is 9.10. The van der Waals surface area contributed by atoms with Crippen molar-refractivity contribution in [2.24, 2.45) is 0 Å². The van der Waals surface area contributed by atoms with Gasteiger partial charge >= 0.3 is 0 Å². The number of hydrogen-bond acceptors (Lipinski definition) is 3. The number of aryl methyl sites for hydroxylation is 2. The third-order valence-electron chi connectivity index (χ3n) is 5.28. The van der Waals surface area contributed by atoms with Crippen LogP contribution in [0.5, 0.6) is 0 Å². The van der Waals surface area contributed by atoms with Gasteiger partial charge in [0.15, 0.2) is 0 Å². The van der Waals surface area contributed by atoms with Crippen molar-refractivity contribution in [2.45, 2.75) is 25.2 Å². The number of imide groups is 1. The van der Waals surface area contributed by atoms with Crippen LogP contribution in [-0.4, -0.2) is 23.3 Å². The average Bonchev–Trinajstić information content (AvgIpc) is 2.98. The van der Waals surface area contributed by atoms with Gasteiger partial charge in [-0.25, -0.2) is 0 Å². The highest BCUT2D eigenvalue weighted by Gasteiger charge is 2.39. The summed E-state index contributed by atoms with van der Waals surface area (Å²) in [5, 5.41) is 0.631. The molecule has 3 aromatic rings. The largest absolute Gasteiger partial charge is 0.274 e. The van der Waals surface area contributed by atoms with Crippen molar-refractivity contribution in [3.8, 4) is 0 Å². The van der Waals surface area contributed by atoms with Gasteiger partial charge in [0.05, 0.1) is 10.5 Å². The number of benzene rings is 3. The molecule has 0 saturated carbocycles. The summed E-state index contributed by atoms with van der Waals surface area (Å²) in [5.41, 5.74) is 4.48. The van der Waals surface area contributed by atoms with Gasteiger partial charge in [0.2, 0.25) is 0 Å². The zero-order valence-electron chi connectivity index (χ0n) is 17.4. The van der Waals surface area contributed by atoms with E-state index in [9.17, 15) is 9.59 Å². The Bertz CT molecular complexity index is 1170. The number of halogens is 1. The molecule has 2 amide bonds. The van der Waals surface area contributed by atoms with Gasteiger partial charge in [0, 0.05) is 16.5 Å². The Morgan fingerprint density at radius 1 is 0.871 bits per heavy atom. The fraction of sp³-hybridized carbons (Fsp3) is 0.154. The molecular weight excluding hydrogens is 426 g/mol. The molecule has 0 saturated heterocycles. The summed E-state index contributed by atoms with van der Waals surface area (Å²) < 4.78 is 0. The number of rotatable bonds is 6. The maximum atomic E-state index is 13.4. The van der Waals surface area contributed by atoms with E-state index >= 15 is 0 Å². The Morgan fingerprint density at radius 3 is 2.26 bits per heavy atom. The van der Waals surface area contributed by atoms with Crippen LogP contribution in [0.25, 0.3) is 5.57 Å². The lowest BCUT2D eigenvalue weighted by Gasteiger charge is -2.15. The van der Waals surface area contributed by atoms with Crippen LogP contribution in [0.15, 0.2) is 82.6 Å². The summed E-state index contributed by atoms with van der Waals surface area (Å²) in [6.07, 6.45) is 0.622. The van der Waals surface area contributed by atoms with E-state index < -0.39 is 0 Å². The van der Waals surface area contributed by atoms with E-state index in [4.69, 9.17) is 11.6 Å². The Balaban J connectivity index is 1.70. The number of hydrogen-bond donors (Lipinski definition) is 0. The zero-order chi connectivity index (χ0) is 22.0. The quantitative estimate of drug-likeness (QED) is 0.430. The van der Waals surface area contributed by atoms with Crippen LogP contribution in [-0.2, 0) is 16.0 Å². The monoisotopic (exact) mass is 447 g/mol. The van der Waals surface area contributed by atoms with Crippen LogP contribution >= 0.6 is 23.4 Å². The molecule has 0 unspecified atom stereocenters. The molecule has 0 aliphatic carbocycles. The Hall–Kier alpha value is -2.82. The maximum absolute atomic E-state index is 13.4. The standard InChI is InChI=1S/C26H22ClNO2S/c1-17-8-13-22(18(2)16-17)23-24(31-21-11-9-20(27)10-12-21)26(30)28(25(23)29)15-14-19-6-4-3-5-7-19/h3-13,16H,14-15H2,1-2H3. The molecule has 0 aromatic heterocycles. The predicted molar refractivity (Wildman–Crippen MR) is 127 cm³/mol. The number of amides is 2. The van der Waals surface area contributed by atoms with E-state index in [2.05, 4.69) is 0 Å². The predicted octanol–water partition coefficient (Wildman–Crippen LogP) is 6.07. The summed E-state index contributed by atoms with van der Waals surface area (Å²) in [5.74, 6) is -0.472.